The minimum Gasteiger partial charge on any atom is -0.318 e. The Labute approximate surface area is 128 Å². The van der Waals surface area contributed by atoms with Crippen molar-refractivity contribution in [1.29, 1.82) is 0 Å². The third-order valence-electron chi connectivity index (χ3n) is 5.00. The number of hydrogen-bond donors (Lipinski definition) is 1. The lowest BCUT2D eigenvalue weighted by Gasteiger charge is -2.38. The maximum Gasteiger partial charge on any atom is 0.274 e. The van der Waals surface area contributed by atoms with Crippen molar-refractivity contribution >= 4 is 11.6 Å². The maximum absolute atomic E-state index is 12.9. The molecule has 1 amide bonds. The fourth-order valence-corrected chi connectivity index (χ4v) is 3.78. The highest BCUT2D eigenvalue weighted by Crippen LogP contribution is 2.52. The van der Waals surface area contributed by atoms with Crippen molar-refractivity contribution in [1.82, 2.24) is 4.98 Å². The van der Waals surface area contributed by atoms with E-state index < -0.39 is 0 Å². The second kappa shape index (κ2) is 4.57. The van der Waals surface area contributed by atoms with Crippen molar-refractivity contribution in [2.24, 2.45) is 0 Å². The molecule has 1 aromatic heterocycles. The number of aryl methyl sites for hydroxylation is 1. The van der Waals surface area contributed by atoms with Crippen LogP contribution in [0.25, 0.3) is 0 Å². The highest BCUT2D eigenvalue weighted by Gasteiger charge is 2.48. The number of H-pyrrole nitrogens is 1. The first-order valence-corrected chi connectivity index (χ1v) is 7.71. The minimum absolute atomic E-state index is 0.114. The summed E-state index contributed by atoms with van der Waals surface area (Å²) in [5.41, 5.74) is 3.36. The smallest absolute Gasteiger partial charge is 0.274 e. The molecule has 4 rings (SSSR count). The van der Waals surface area contributed by atoms with Crippen LogP contribution in [0.15, 0.2) is 41.2 Å². The Morgan fingerprint density at radius 1 is 1.23 bits per heavy atom. The molecule has 0 atom stereocenters. The zero-order chi connectivity index (χ0) is 15.3. The number of fused-ring (bicyclic) bond motifs is 2. The number of pyridine rings is 1. The molecule has 0 radical (unpaired) electrons. The van der Waals surface area contributed by atoms with Crippen LogP contribution >= 0.6 is 0 Å². The first-order chi connectivity index (χ1) is 10.6. The van der Waals surface area contributed by atoms with Gasteiger partial charge in [-0.3, -0.25) is 9.59 Å². The lowest BCUT2D eigenvalue weighted by Crippen LogP contribution is -2.41. The molecule has 1 N–H and O–H groups in total. The molecule has 4 heteroatoms. The normalized spacial score (nSPS) is 18.1. The number of aromatic nitrogens is 1. The lowest BCUT2D eigenvalue weighted by molar-refractivity contribution is 0.0974. The Hall–Kier alpha value is -2.36. The molecule has 1 aliphatic carbocycles. The molecule has 2 aromatic rings. The Morgan fingerprint density at radius 3 is 2.68 bits per heavy atom. The van der Waals surface area contributed by atoms with Crippen molar-refractivity contribution < 1.29 is 4.79 Å². The number of rotatable bonds is 1. The molecule has 2 aliphatic rings. The number of aromatic amines is 1. The SMILES string of the molecule is Cc1cc(C(=O)N2CC3(CCC3)c3ccccc32)[nH]c(=O)c1. The van der Waals surface area contributed by atoms with Crippen molar-refractivity contribution in [3.05, 3.63) is 63.6 Å². The van der Waals surface area contributed by atoms with Crippen molar-refractivity contribution in [3.63, 3.8) is 0 Å². The van der Waals surface area contributed by atoms with Crippen LogP contribution < -0.4 is 10.5 Å². The van der Waals surface area contributed by atoms with Gasteiger partial charge in [0, 0.05) is 23.7 Å². The van der Waals surface area contributed by atoms with Crippen molar-refractivity contribution in [2.75, 3.05) is 11.4 Å². The van der Waals surface area contributed by atoms with Gasteiger partial charge in [-0.1, -0.05) is 24.6 Å². The van der Waals surface area contributed by atoms with Crippen LogP contribution in [0.3, 0.4) is 0 Å². The van der Waals surface area contributed by atoms with E-state index in [0.29, 0.717) is 5.69 Å². The van der Waals surface area contributed by atoms with Gasteiger partial charge in [0.1, 0.15) is 5.69 Å². The fourth-order valence-electron chi connectivity index (χ4n) is 3.78. The fraction of sp³-hybridized carbons (Fsp3) is 0.333. The first kappa shape index (κ1) is 13.3. The monoisotopic (exact) mass is 294 g/mol. The maximum atomic E-state index is 12.9. The number of nitrogens with zero attached hydrogens (tertiary/aromatic N) is 1. The number of anilines is 1. The van der Waals surface area contributed by atoms with Gasteiger partial charge in [0.25, 0.3) is 5.91 Å². The minimum atomic E-state index is -0.228. The predicted molar refractivity (Wildman–Crippen MR) is 85.4 cm³/mol. The molecule has 1 fully saturated rings. The van der Waals surface area contributed by atoms with Gasteiger partial charge < -0.3 is 9.88 Å². The Kier molecular flexibility index (Phi) is 2.76. The van der Waals surface area contributed by atoms with Crippen LogP contribution in [0.4, 0.5) is 5.69 Å². The van der Waals surface area contributed by atoms with E-state index in [2.05, 4.69) is 11.1 Å². The van der Waals surface area contributed by atoms with E-state index in [1.54, 1.807) is 6.07 Å². The second-order valence-corrected chi connectivity index (χ2v) is 6.48. The molecule has 1 aromatic carbocycles. The van der Waals surface area contributed by atoms with Gasteiger partial charge in [0.2, 0.25) is 5.56 Å². The largest absolute Gasteiger partial charge is 0.318 e. The number of para-hydroxylation sites is 1. The average Bonchev–Trinajstić information content (AvgIpc) is 2.81. The van der Waals surface area contributed by atoms with Gasteiger partial charge in [-0.25, -0.2) is 0 Å². The molecule has 112 valence electrons. The van der Waals surface area contributed by atoms with E-state index in [0.717, 1.165) is 30.6 Å². The summed E-state index contributed by atoms with van der Waals surface area (Å²) >= 11 is 0. The Balaban J connectivity index is 1.77. The summed E-state index contributed by atoms with van der Waals surface area (Å²) in [7, 11) is 0. The van der Waals surface area contributed by atoms with Crippen LogP contribution in [0.2, 0.25) is 0 Å². The van der Waals surface area contributed by atoms with Crippen molar-refractivity contribution in [2.45, 2.75) is 31.6 Å². The van der Waals surface area contributed by atoms with E-state index in [9.17, 15) is 9.59 Å². The number of nitrogens with one attached hydrogen (secondary N) is 1. The summed E-state index contributed by atoms with van der Waals surface area (Å²) in [6.07, 6.45) is 3.49. The summed E-state index contributed by atoms with van der Waals surface area (Å²) in [4.78, 5) is 29.0. The molecule has 1 spiro atoms. The van der Waals surface area contributed by atoms with Crippen LogP contribution in [0.1, 0.15) is 40.9 Å². The van der Waals surface area contributed by atoms with Crippen LogP contribution in [0.5, 0.6) is 0 Å². The molecule has 2 heterocycles. The zero-order valence-corrected chi connectivity index (χ0v) is 12.6. The molecule has 1 saturated carbocycles. The molecular formula is C18H18N2O2. The number of hydrogen-bond acceptors (Lipinski definition) is 2. The Bertz CT molecular complexity index is 818. The molecule has 22 heavy (non-hydrogen) atoms. The molecule has 1 aliphatic heterocycles. The highest BCUT2D eigenvalue weighted by molar-refractivity contribution is 6.06. The number of carbonyl (C=O) groups excluding carboxylic acids is 1. The lowest BCUT2D eigenvalue weighted by atomic mass is 9.66. The highest BCUT2D eigenvalue weighted by atomic mass is 16.2. The number of carbonyl (C=O) groups is 1. The molecular weight excluding hydrogens is 276 g/mol. The van der Waals surface area contributed by atoms with Crippen LogP contribution in [-0.2, 0) is 5.41 Å². The molecule has 0 bridgehead atoms. The third-order valence-corrected chi connectivity index (χ3v) is 5.00. The number of amides is 1. The van der Waals surface area contributed by atoms with E-state index in [4.69, 9.17) is 0 Å². The standard InChI is InChI=1S/C18H18N2O2/c1-12-9-14(19-16(21)10-12)17(22)20-11-18(7-4-8-18)13-5-2-3-6-15(13)20/h2-3,5-6,9-10H,4,7-8,11H2,1H3,(H,19,21). The first-order valence-electron chi connectivity index (χ1n) is 7.71. The quantitative estimate of drug-likeness (QED) is 0.879. The van der Waals surface area contributed by atoms with Crippen LogP contribution in [0, 0.1) is 6.92 Å². The average molecular weight is 294 g/mol. The van der Waals surface area contributed by atoms with Gasteiger partial charge in [0.15, 0.2) is 0 Å². The summed E-state index contributed by atoms with van der Waals surface area (Å²) in [5.74, 6) is -0.114. The van der Waals surface area contributed by atoms with Gasteiger partial charge in [-0.15, -0.1) is 0 Å². The Morgan fingerprint density at radius 2 is 2.00 bits per heavy atom. The van der Waals surface area contributed by atoms with Gasteiger partial charge >= 0.3 is 0 Å². The van der Waals surface area contributed by atoms with E-state index >= 15 is 0 Å². The summed E-state index contributed by atoms with van der Waals surface area (Å²) in [5, 5.41) is 0. The third kappa shape index (κ3) is 1.83. The summed E-state index contributed by atoms with van der Waals surface area (Å²) < 4.78 is 0. The van der Waals surface area contributed by atoms with Gasteiger partial charge in [0.05, 0.1) is 0 Å². The van der Waals surface area contributed by atoms with Crippen LogP contribution in [-0.4, -0.2) is 17.4 Å². The van der Waals surface area contributed by atoms with E-state index in [1.807, 2.05) is 30.0 Å². The van der Waals surface area contributed by atoms with E-state index in [1.165, 1.54) is 18.1 Å². The molecule has 4 nitrogen and oxygen atoms in total. The van der Waals surface area contributed by atoms with Gasteiger partial charge in [-0.2, -0.15) is 0 Å². The zero-order valence-electron chi connectivity index (χ0n) is 12.6. The summed E-state index contributed by atoms with van der Waals surface area (Å²) in [6.45, 7) is 2.55. The molecule has 0 unspecified atom stereocenters. The second-order valence-electron chi connectivity index (χ2n) is 6.48. The van der Waals surface area contributed by atoms with E-state index in [-0.39, 0.29) is 16.9 Å². The summed E-state index contributed by atoms with van der Waals surface area (Å²) in [6, 6.07) is 11.4. The van der Waals surface area contributed by atoms with Gasteiger partial charge in [-0.05, 0) is 43.0 Å². The topological polar surface area (TPSA) is 53.2 Å². The number of benzene rings is 1. The predicted octanol–water partition coefficient (Wildman–Crippen LogP) is 2.77. The van der Waals surface area contributed by atoms with Crippen molar-refractivity contribution in [3.8, 4) is 0 Å². The molecule has 0 saturated heterocycles.